The molecule has 7 heteroatoms. The lowest BCUT2D eigenvalue weighted by molar-refractivity contribution is -0.119. The molecule has 0 atom stereocenters. The summed E-state index contributed by atoms with van der Waals surface area (Å²) in [5.41, 5.74) is 2.26. The monoisotopic (exact) mass is 331 g/mol. The number of nitrogens with one attached hydrogen (secondary N) is 3. The van der Waals surface area contributed by atoms with E-state index in [0.29, 0.717) is 19.5 Å². The van der Waals surface area contributed by atoms with E-state index in [1.54, 1.807) is 6.92 Å². The van der Waals surface area contributed by atoms with Crippen LogP contribution >= 0.6 is 0 Å². The highest BCUT2D eigenvalue weighted by molar-refractivity contribution is 5.78. The number of urea groups is 1. The first-order valence-electron chi connectivity index (χ1n) is 8.59. The minimum absolute atomic E-state index is 0.135. The van der Waals surface area contributed by atoms with E-state index in [1.807, 2.05) is 11.0 Å². The second kappa shape index (κ2) is 7.61. The van der Waals surface area contributed by atoms with Crippen LogP contribution in [-0.4, -0.2) is 60.5 Å². The van der Waals surface area contributed by atoms with Crippen molar-refractivity contribution in [3.8, 4) is 0 Å². The van der Waals surface area contributed by atoms with Crippen molar-refractivity contribution < 1.29 is 9.59 Å². The van der Waals surface area contributed by atoms with Gasteiger partial charge in [0, 0.05) is 38.3 Å². The van der Waals surface area contributed by atoms with E-state index in [4.69, 9.17) is 0 Å². The number of nitrogens with zero attached hydrogens (tertiary/aromatic N) is 2. The van der Waals surface area contributed by atoms with E-state index in [9.17, 15) is 9.59 Å². The van der Waals surface area contributed by atoms with Gasteiger partial charge in [-0.25, -0.2) is 9.78 Å². The topological polar surface area (TPSA) is 86.4 Å². The molecule has 0 aliphatic carbocycles. The van der Waals surface area contributed by atoms with Crippen LogP contribution in [0.3, 0.4) is 0 Å². The van der Waals surface area contributed by atoms with Crippen molar-refractivity contribution in [2.75, 3.05) is 38.0 Å². The largest absolute Gasteiger partial charge is 0.370 e. The quantitative estimate of drug-likeness (QED) is 0.709. The number of rotatable bonds is 6. The van der Waals surface area contributed by atoms with E-state index in [2.05, 4.69) is 27.0 Å². The van der Waals surface area contributed by atoms with Gasteiger partial charge in [-0.3, -0.25) is 9.69 Å². The molecule has 0 saturated carbocycles. The minimum Gasteiger partial charge on any atom is -0.370 e. The number of hydrogen-bond acceptors (Lipinski definition) is 5. The number of likely N-dealkylation sites (tertiary alicyclic amines) is 1. The molecule has 3 rings (SSSR count). The molecule has 1 aromatic heterocycles. The third kappa shape index (κ3) is 4.44. The molecule has 2 aliphatic heterocycles. The van der Waals surface area contributed by atoms with Crippen molar-refractivity contribution >= 4 is 17.6 Å². The number of Topliss-reactive ketones (excluding diaryl/α,β-unsaturated/α-hetero) is 1. The lowest BCUT2D eigenvalue weighted by Gasteiger charge is -2.38. The minimum atomic E-state index is -0.154. The van der Waals surface area contributed by atoms with Crippen LogP contribution in [0.1, 0.15) is 24.6 Å². The Kier molecular flexibility index (Phi) is 5.30. The number of anilines is 1. The van der Waals surface area contributed by atoms with Gasteiger partial charge >= 0.3 is 6.03 Å². The van der Waals surface area contributed by atoms with Gasteiger partial charge in [-0.05, 0) is 31.4 Å². The summed E-state index contributed by atoms with van der Waals surface area (Å²) in [6.07, 6.45) is 2.95. The molecule has 0 radical (unpaired) electrons. The highest BCUT2D eigenvalue weighted by atomic mass is 16.2. The Balaban J connectivity index is 1.35. The van der Waals surface area contributed by atoms with Crippen LogP contribution in [0, 0.1) is 0 Å². The molecule has 1 fully saturated rings. The summed E-state index contributed by atoms with van der Waals surface area (Å²) >= 11 is 0. The van der Waals surface area contributed by atoms with Gasteiger partial charge in [0.1, 0.15) is 11.6 Å². The number of hydrogen-bond donors (Lipinski definition) is 3. The van der Waals surface area contributed by atoms with E-state index < -0.39 is 0 Å². The third-order valence-corrected chi connectivity index (χ3v) is 4.36. The van der Waals surface area contributed by atoms with Crippen LogP contribution in [0.15, 0.2) is 12.1 Å². The van der Waals surface area contributed by atoms with Crippen LogP contribution in [-0.2, 0) is 17.6 Å². The fourth-order valence-corrected chi connectivity index (χ4v) is 3.15. The molecular formula is C17H25N5O2. The molecule has 2 aliphatic rings. The summed E-state index contributed by atoms with van der Waals surface area (Å²) in [6, 6.07) is 4.15. The zero-order valence-electron chi connectivity index (χ0n) is 14.1. The van der Waals surface area contributed by atoms with Crippen molar-refractivity contribution in [3.63, 3.8) is 0 Å². The second-order valence-electron chi connectivity index (χ2n) is 6.58. The van der Waals surface area contributed by atoms with E-state index >= 15 is 0 Å². The maximum atomic E-state index is 11.9. The first-order valence-corrected chi connectivity index (χ1v) is 8.59. The summed E-state index contributed by atoms with van der Waals surface area (Å²) in [5.74, 6) is 1.15. The number of ketones is 1. The summed E-state index contributed by atoms with van der Waals surface area (Å²) in [5, 5.41) is 9.11. The number of aromatic nitrogens is 1. The number of fused-ring (bicyclic) bond motifs is 1. The fraction of sp³-hybridized carbons (Fsp3) is 0.588. The van der Waals surface area contributed by atoms with Crippen molar-refractivity contribution in [2.45, 2.75) is 32.2 Å². The van der Waals surface area contributed by atoms with Gasteiger partial charge in [0.15, 0.2) is 0 Å². The SMILES string of the molecule is CC(=O)CN1CC(NC(=O)NCCc2ccc3c(n2)NCCC3)C1. The number of carbonyl (C=O) groups excluding carboxylic acids is 2. The van der Waals surface area contributed by atoms with Crippen molar-refractivity contribution in [1.29, 1.82) is 0 Å². The summed E-state index contributed by atoms with van der Waals surface area (Å²) in [4.78, 5) is 29.5. The maximum Gasteiger partial charge on any atom is 0.315 e. The summed E-state index contributed by atoms with van der Waals surface area (Å²) < 4.78 is 0. The lowest BCUT2D eigenvalue weighted by Crippen LogP contribution is -2.61. The first kappa shape index (κ1) is 16.7. The van der Waals surface area contributed by atoms with E-state index in [-0.39, 0.29) is 17.9 Å². The molecule has 0 unspecified atom stereocenters. The second-order valence-corrected chi connectivity index (χ2v) is 6.58. The molecular weight excluding hydrogens is 306 g/mol. The van der Waals surface area contributed by atoms with Crippen molar-refractivity contribution in [3.05, 3.63) is 23.4 Å². The zero-order valence-corrected chi connectivity index (χ0v) is 14.1. The van der Waals surface area contributed by atoms with Gasteiger partial charge in [0.25, 0.3) is 0 Å². The van der Waals surface area contributed by atoms with Gasteiger partial charge in [0.2, 0.25) is 0 Å². The van der Waals surface area contributed by atoms with E-state index in [0.717, 1.165) is 44.0 Å². The van der Waals surface area contributed by atoms with Crippen LogP contribution in [0.4, 0.5) is 10.6 Å². The molecule has 7 nitrogen and oxygen atoms in total. The Morgan fingerprint density at radius 1 is 1.38 bits per heavy atom. The molecule has 0 spiro atoms. The number of aryl methyl sites for hydroxylation is 1. The van der Waals surface area contributed by atoms with Gasteiger partial charge in [0.05, 0.1) is 12.6 Å². The molecule has 1 aromatic rings. The van der Waals surface area contributed by atoms with Crippen LogP contribution in [0.5, 0.6) is 0 Å². The number of pyridine rings is 1. The van der Waals surface area contributed by atoms with Gasteiger partial charge in [-0.1, -0.05) is 6.07 Å². The fourth-order valence-electron chi connectivity index (χ4n) is 3.15. The van der Waals surface area contributed by atoms with Gasteiger partial charge < -0.3 is 16.0 Å². The summed E-state index contributed by atoms with van der Waals surface area (Å²) in [7, 11) is 0. The maximum absolute atomic E-state index is 11.9. The predicted octanol–water partition coefficient (Wildman–Crippen LogP) is 0.555. The molecule has 24 heavy (non-hydrogen) atoms. The molecule has 3 heterocycles. The Labute approximate surface area is 142 Å². The highest BCUT2D eigenvalue weighted by Crippen LogP contribution is 2.19. The first-order chi connectivity index (χ1) is 11.6. The van der Waals surface area contributed by atoms with Crippen molar-refractivity contribution in [2.24, 2.45) is 0 Å². The smallest absolute Gasteiger partial charge is 0.315 e. The molecule has 2 amide bonds. The molecule has 0 bridgehead atoms. The standard InChI is InChI=1S/C17H25N5O2/c1-12(23)9-22-10-15(11-22)21-17(24)19-8-6-14-5-4-13-3-2-7-18-16(13)20-14/h4-5,15H,2-3,6-11H2,1H3,(H,18,20)(H2,19,21,24). The average Bonchev–Trinajstić information content (AvgIpc) is 2.52. The van der Waals surface area contributed by atoms with Gasteiger partial charge in [-0.15, -0.1) is 0 Å². The Hall–Kier alpha value is -2.15. The van der Waals surface area contributed by atoms with Crippen LogP contribution in [0.2, 0.25) is 0 Å². The molecule has 0 aromatic carbocycles. The van der Waals surface area contributed by atoms with Gasteiger partial charge in [-0.2, -0.15) is 0 Å². The number of carbonyl (C=O) groups is 2. The summed E-state index contributed by atoms with van der Waals surface area (Å²) in [6.45, 7) is 5.07. The molecule has 3 N–H and O–H groups in total. The normalized spacial score (nSPS) is 17.4. The highest BCUT2D eigenvalue weighted by Gasteiger charge is 2.28. The van der Waals surface area contributed by atoms with E-state index in [1.165, 1.54) is 5.56 Å². The number of amides is 2. The lowest BCUT2D eigenvalue weighted by atomic mass is 10.1. The molecule has 130 valence electrons. The Morgan fingerprint density at radius 2 is 2.21 bits per heavy atom. The van der Waals surface area contributed by atoms with Crippen LogP contribution < -0.4 is 16.0 Å². The Bertz CT molecular complexity index is 613. The zero-order chi connectivity index (χ0) is 16.9. The van der Waals surface area contributed by atoms with Crippen molar-refractivity contribution in [1.82, 2.24) is 20.5 Å². The predicted molar refractivity (Wildman–Crippen MR) is 92.2 cm³/mol. The third-order valence-electron chi connectivity index (χ3n) is 4.36. The molecule has 1 saturated heterocycles. The Morgan fingerprint density at radius 3 is 3.00 bits per heavy atom. The van der Waals surface area contributed by atoms with Crippen LogP contribution in [0.25, 0.3) is 0 Å². The average molecular weight is 331 g/mol.